The number of hydrogen-bond acceptors (Lipinski definition) is 5. The third kappa shape index (κ3) is 3.37. The zero-order valence-electron chi connectivity index (χ0n) is 14.5. The van der Waals surface area contributed by atoms with Gasteiger partial charge in [-0.1, -0.05) is 12.1 Å². The molecule has 8 nitrogen and oxygen atoms in total. The lowest BCUT2D eigenvalue weighted by Gasteiger charge is -2.30. The molecular weight excluding hydrogens is 324 g/mol. The van der Waals surface area contributed by atoms with Gasteiger partial charge >= 0.3 is 0 Å². The monoisotopic (exact) mass is 344 g/mol. The first-order valence-corrected chi connectivity index (χ1v) is 7.68. The van der Waals surface area contributed by atoms with Gasteiger partial charge in [0.25, 0.3) is 5.69 Å². The number of allylic oxidation sites excluding steroid dienone is 2. The Hall–Kier alpha value is -3.16. The first-order chi connectivity index (χ1) is 11.8. The van der Waals surface area contributed by atoms with Gasteiger partial charge in [-0.15, -0.1) is 0 Å². The van der Waals surface area contributed by atoms with Crippen LogP contribution in [0.25, 0.3) is 0 Å². The summed E-state index contributed by atoms with van der Waals surface area (Å²) >= 11 is 0. The Kier molecular flexibility index (Phi) is 5.21. The summed E-state index contributed by atoms with van der Waals surface area (Å²) in [4.78, 5) is 35.5. The second kappa shape index (κ2) is 7.16. The number of nitrogens with zero attached hydrogens (tertiary/aromatic N) is 1. The molecule has 2 rings (SSSR count). The maximum atomic E-state index is 12.4. The number of carbonyl (C=O) groups is 2. The number of dihydropyridines is 1. The van der Waals surface area contributed by atoms with Crippen LogP contribution in [0.4, 0.5) is 5.69 Å². The van der Waals surface area contributed by atoms with Crippen LogP contribution in [-0.4, -0.2) is 30.8 Å². The predicted molar refractivity (Wildman–Crippen MR) is 92.5 cm³/mol. The van der Waals surface area contributed by atoms with Crippen molar-refractivity contribution in [2.45, 2.75) is 19.8 Å². The number of rotatable bonds is 4. The maximum Gasteiger partial charge on any atom is 0.269 e. The number of benzene rings is 1. The fourth-order valence-corrected chi connectivity index (χ4v) is 3.02. The molecule has 0 spiro atoms. The molecule has 2 amide bonds. The minimum atomic E-state index is -0.707. The summed E-state index contributed by atoms with van der Waals surface area (Å²) in [5, 5.41) is 19.3. The number of nitrogens with one attached hydrogen (secondary N) is 3. The minimum absolute atomic E-state index is 0.0983. The van der Waals surface area contributed by atoms with Crippen LogP contribution in [0.1, 0.15) is 25.3 Å². The van der Waals surface area contributed by atoms with E-state index in [9.17, 15) is 19.7 Å². The summed E-state index contributed by atoms with van der Waals surface area (Å²) in [7, 11) is 3.00. The molecule has 25 heavy (non-hydrogen) atoms. The Bertz CT molecular complexity index is 773. The van der Waals surface area contributed by atoms with Crippen LogP contribution in [0.3, 0.4) is 0 Å². The molecule has 0 aromatic heterocycles. The standard InChI is InChI=1S/C17H20N4O4/c1-9-13(16(22)18-3)15(14(10(2)20-9)17(23)19-4)11-6-5-7-12(8-11)21(24)25/h5-8,15,20H,1-4H3,(H,18,22)(H,19,23). The van der Waals surface area contributed by atoms with Crippen LogP contribution < -0.4 is 16.0 Å². The molecule has 3 N–H and O–H groups in total. The average molecular weight is 344 g/mol. The fourth-order valence-electron chi connectivity index (χ4n) is 3.02. The zero-order chi connectivity index (χ0) is 18.7. The molecule has 0 saturated carbocycles. The average Bonchev–Trinajstić information content (AvgIpc) is 2.59. The van der Waals surface area contributed by atoms with Crippen LogP contribution in [-0.2, 0) is 9.59 Å². The van der Waals surface area contributed by atoms with Gasteiger partial charge in [-0.2, -0.15) is 0 Å². The number of nitro groups is 1. The molecule has 0 bridgehead atoms. The molecular formula is C17H20N4O4. The van der Waals surface area contributed by atoms with Gasteiger partial charge in [0.2, 0.25) is 11.8 Å². The molecule has 1 aromatic carbocycles. The molecule has 0 saturated heterocycles. The summed E-state index contributed by atoms with van der Waals surface area (Å²) in [6.45, 7) is 3.47. The SMILES string of the molecule is CNC(=O)C1=C(C)NC(C)=C(C(=O)NC)C1c1cccc([N+](=O)[O-])c1. The van der Waals surface area contributed by atoms with Crippen molar-refractivity contribution < 1.29 is 14.5 Å². The summed E-state index contributed by atoms with van der Waals surface area (Å²) in [5.41, 5.74) is 2.31. The summed E-state index contributed by atoms with van der Waals surface area (Å²) in [6, 6.07) is 5.98. The topological polar surface area (TPSA) is 113 Å². The van der Waals surface area contributed by atoms with E-state index >= 15 is 0 Å². The minimum Gasteiger partial charge on any atom is -0.362 e. The normalized spacial score (nSPS) is 14.9. The van der Waals surface area contributed by atoms with Crippen LogP contribution in [0.5, 0.6) is 0 Å². The molecule has 1 aromatic rings. The highest BCUT2D eigenvalue weighted by molar-refractivity contribution is 6.03. The highest BCUT2D eigenvalue weighted by atomic mass is 16.6. The van der Waals surface area contributed by atoms with Crippen molar-refractivity contribution in [1.82, 2.24) is 16.0 Å². The van der Waals surface area contributed by atoms with Crippen molar-refractivity contribution in [2.75, 3.05) is 14.1 Å². The highest BCUT2D eigenvalue weighted by Gasteiger charge is 2.36. The van der Waals surface area contributed by atoms with Crippen molar-refractivity contribution in [3.05, 3.63) is 62.5 Å². The number of non-ortho nitro benzene ring substituents is 1. The second-order valence-corrected chi connectivity index (χ2v) is 5.65. The third-order valence-electron chi connectivity index (χ3n) is 4.12. The third-order valence-corrected chi connectivity index (χ3v) is 4.12. The summed E-state index contributed by atoms with van der Waals surface area (Å²) in [6.07, 6.45) is 0. The van der Waals surface area contributed by atoms with Gasteiger partial charge in [0.1, 0.15) is 0 Å². The van der Waals surface area contributed by atoms with Crippen molar-refractivity contribution in [1.29, 1.82) is 0 Å². The number of likely N-dealkylation sites (N-methyl/N-ethyl adjacent to an activating group) is 2. The Labute approximate surface area is 145 Å². The Morgan fingerprint density at radius 2 is 1.60 bits per heavy atom. The van der Waals surface area contributed by atoms with Gasteiger partial charge in [0, 0.05) is 54.7 Å². The molecule has 0 aliphatic carbocycles. The van der Waals surface area contributed by atoms with Crippen molar-refractivity contribution >= 4 is 17.5 Å². The molecule has 8 heteroatoms. The number of amides is 2. The zero-order valence-corrected chi connectivity index (χ0v) is 14.5. The molecule has 1 aliphatic rings. The number of nitro benzene ring substituents is 1. The lowest BCUT2D eigenvalue weighted by molar-refractivity contribution is -0.384. The van der Waals surface area contributed by atoms with E-state index in [1.807, 2.05) is 0 Å². The molecule has 0 fully saturated rings. The fraction of sp³-hybridized carbons (Fsp3) is 0.294. The lowest BCUT2D eigenvalue weighted by Crippen LogP contribution is -2.37. The Morgan fingerprint density at radius 3 is 2.04 bits per heavy atom. The van der Waals surface area contributed by atoms with Crippen molar-refractivity contribution in [3.8, 4) is 0 Å². The predicted octanol–water partition coefficient (Wildman–Crippen LogP) is 1.32. The van der Waals surface area contributed by atoms with E-state index in [-0.39, 0.29) is 17.5 Å². The van der Waals surface area contributed by atoms with E-state index in [4.69, 9.17) is 0 Å². The van der Waals surface area contributed by atoms with E-state index in [1.54, 1.807) is 26.0 Å². The summed E-state index contributed by atoms with van der Waals surface area (Å²) in [5.74, 6) is -1.41. The maximum absolute atomic E-state index is 12.4. The van der Waals surface area contributed by atoms with Crippen LogP contribution in [0.2, 0.25) is 0 Å². The lowest BCUT2D eigenvalue weighted by atomic mass is 9.79. The number of carbonyl (C=O) groups excluding carboxylic acids is 2. The molecule has 0 atom stereocenters. The second-order valence-electron chi connectivity index (χ2n) is 5.65. The van der Waals surface area contributed by atoms with Crippen LogP contribution in [0, 0.1) is 10.1 Å². The molecule has 1 heterocycles. The van der Waals surface area contributed by atoms with Crippen molar-refractivity contribution in [2.24, 2.45) is 0 Å². The van der Waals surface area contributed by atoms with Crippen molar-refractivity contribution in [3.63, 3.8) is 0 Å². The van der Waals surface area contributed by atoms with E-state index in [0.717, 1.165) is 0 Å². The van der Waals surface area contributed by atoms with E-state index < -0.39 is 10.8 Å². The molecule has 1 aliphatic heterocycles. The Balaban J connectivity index is 2.72. The van der Waals surface area contributed by atoms with Gasteiger partial charge in [0.05, 0.1) is 4.92 Å². The van der Waals surface area contributed by atoms with Crippen LogP contribution >= 0.6 is 0 Å². The first-order valence-electron chi connectivity index (χ1n) is 7.68. The molecule has 0 unspecified atom stereocenters. The van der Waals surface area contributed by atoms with Gasteiger partial charge in [-0.25, -0.2) is 0 Å². The largest absolute Gasteiger partial charge is 0.362 e. The Morgan fingerprint density at radius 1 is 1.08 bits per heavy atom. The summed E-state index contributed by atoms with van der Waals surface area (Å²) < 4.78 is 0. The van der Waals surface area contributed by atoms with Gasteiger partial charge in [-0.3, -0.25) is 19.7 Å². The smallest absolute Gasteiger partial charge is 0.269 e. The van der Waals surface area contributed by atoms with E-state index in [1.165, 1.54) is 26.2 Å². The highest BCUT2D eigenvalue weighted by Crippen LogP contribution is 2.39. The quantitative estimate of drug-likeness (QED) is 0.563. The van der Waals surface area contributed by atoms with Gasteiger partial charge in [-0.05, 0) is 19.4 Å². The molecule has 132 valence electrons. The van der Waals surface area contributed by atoms with E-state index in [2.05, 4.69) is 16.0 Å². The first kappa shape index (κ1) is 18.2. The molecule has 0 radical (unpaired) electrons. The van der Waals surface area contributed by atoms with Crippen LogP contribution in [0.15, 0.2) is 46.8 Å². The van der Waals surface area contributed by atoms with Gasteiger partial charge in [0.15, 0.2) is 0 Å². The number of hydrogen-bond donors (Lipinski definition) is 3. The van der Waals surface area contributed by atoms with Gasteiger partial charge < -0.3 is 16.0 Å². The van der Waals surface area contributed by atoms with E-state index in [0.29, 0.717) is 28.1 Å².